The molecule has 0 saturated carbocycles. The predicted octanol–water partition coefficient (Wildman–Crippen LogP) is 7.50. The molecule has 0 spiro atoms. The molecule has 3 amide bonds. The number of aryl methyl sites for hydroxylation is 3. The van der Waals surface area contributed by atoms with Crippen LogP contribution in [-0.2, 0) is 30.4 Å². The fourth-order valence-corrected chi connectivity index (χ4v) is 8.84. The molecule has 7 rings (SSSR count). The van der Waals surface area contributed by atoms with E-state index in [0.29, 0.717) is 14.6 Å². The number of fused-ring (bicyclic) bond motifs is 3. The Kier molecular flexibility index (Phi) is 18.4. The van der Waals surface area contributed by atoms with Gasteiger partial charge in [-0.3, -0.25) is 29.3 Å². The lowest BCUT2D eigenvalue weighted by Crippen LogP contribution is -2.49. The van der Waals surface area contributed by atoms with Crippen molar-refractivity contribution in [2.75, 3.05) is 13.1 Å². The van der Waals surface area contributed by atoms with E-state index in [4.69, 9.17) is 25.1 Å². The number of rotatable bonds is 14. The van der Waals surface area contributed by atoms with Crippen LogP contribution in [-0.4, -0.2) is 93.3 Å². The van der Waals surface area contributed by atoms with Gasteiger partial charge in [0, 0.05) is 31.7 Å². The summed E-state index contributed by atoms with van der Waals surface area (Å²) in [5.74, 6) is -2.71. The van der Waals surface area contributed by atoms with E-state index in [-0.39, 0.29) is 43.7 Å². The number of thiophene rings is 3. The van der Waals surface area contributed by atoms with Crippen molar-refractivity contribution in [2.24, 2.45) is 5.73 Å². The zero-order valence-corrected chi connectivity index (χ0v) is 40.2. The number of alkyl carbamates (subject to hydrolysis) is 1. The molecule has 0 aliphatic carbocycles. The molecular weight excluding hydrogens is 919 g/mol. The Morgan fingerprint density at radius 2 is 1.06 bits per heavy atom. The maximum absolute atomic E-state index is 12.6. The van der Waals surface area contributed by atoms with Gasteiger partial charge in [0.1, 0.15) is 23.6 Å². The van der Waals surface area contributed by atoms with Gasteiger partial charge >= 0.3 is 24.0 Å². The fourth-order valence-electron chi connectivity index (χ4n) is 5.91. The number of aromatic carboxylic acids is 1. The highest BCUT2D eigenvalue weighted by molar-refractivity contribution is 7.21. The molecule has 0 saturated heterocycles. The number of nitrogens with one attached hydrogen (secondary N) is 3. The lowest BCUT2D eigenvalue weighted by Gasteiger charge is -2.19. The Morgan fingerprint density at radius 3 is 1.51 bits per heavy atom. The third-order valence-corrected chi connectivity index (χ3v) is 13.0. The summed E-state index contributed by atoms with van der Waals surface area (Å²) in [6, 6.07) is 17.9. The Morgan fingerprint density at radius 1 is 0.627 bits per heavy atom. The van der Waals surface area contributed by atoms with Crippen LogP contribution in [0.1, 0.15) is 79.0 Å². The van der Waals surface area contributed by atoms with Crippen LogP contribution in [0.3, 0.4) is 0 Å². The second-order valence-corrected chi connectivity index (χ2v) is 18.6. The number of carbonyl (C=O) groups excluding carboxylic acids is 5. The summed E-state index contributed by atoms with van der Waals surface area (Å²) in [7, 11) is 0. The second kappa shape index (κ2) is 24.1. The highest BCUT2D eigenvalue weighted by Crippen LogP contribution is 2.28. The Bertz CT molecular complexity index is 2860. The van der Waals surface area contributed by atoms with E-state index in [1.165, 1.54) is 34.0 Å². The zero-order chi connectivity index (χ0) is 48.8. The molecule has 7 aromatic rings. The van der Waals surface area contributed by atoms with Gasteiger partial charge in [-0.2, -0.15) is 0 Å². The maximum Gasteiger partial charge on any atom is 0.408 e. The summed E-state index contributed by atoms with van der Waals surface area (Å²) in [6.45, 7) is 12.7. The minimum absolute atomic E-state index is 0.0328. The molecule has 0 aliphatic heterocycles. The molecule has 6 heterocycles. The third kappa shape index (κ3) is 14.8. The van der Waals surface area contributed by atoms with Crippen molar-refractivity contribution >= 4 is 100 Å². The van der Waals surface area contributed by atoms with E-state index in [1.54, 1.807) is 64.5 Å². The second-order valence-electron chi connectivity index (χ2n) is 15.4. The van der Waals surface area contributed by atoms with Gasteiger partial charge in [0.15, 0.2) is 0 Å². The molecule has 352 valence electrons. The molecule has 0 aliphatic rings. The summed E-state index contributed by atoms with van der Waals surface area (Å²) >= 11 is 3.96. The minimum Gasteiger partial charge on any atom is -0.477 e. The molecule has 0 bridgehead atoms. The van der Waals surface area contributed by atoms with E-state index in [0.717, 1.165) is 52.9 Å². The summed E-state index contributed by atoms with van der Waals surface area (Å²) in [5.41, 5.74) is 12.0. The molecule has 0 fully saturated rings. The van der Waals surface area contributed by atoms with Crippen LogP contribution in [0.25, 0.3) is 30.6 Å². The van der Waals surface area contributed by atoms with E-state index < -0.39 is 36.1 Å². The quantitative estimate of drug-likeness (QED) is 0.0523. The van der Waals surface area contributed by atoms with Gasteiger partial charge in [-0.05, 0) is 107 Å². The van der Waals surface area contributed by atoms with E-state index in [1.807, 2.05) is 69.3 Å². The summed E-state index contributed by atoms with van der Waals surface area (Å²) in [6.07, 6.45) is 3.70. The van der Waals surface area contributed by atoms with Crippen LogP contribution >= 0.6 is 34.0 Å². The van der Waals surface area contributed by atoms with E-state index in [9.17, 15) is 28.8 Å². The van der Waals surface area contributed by atoms with Crippen molar-refractivity contribution in [3.05, 3.63) is 122 Å². The molecule has 20 heteroatoms. The van der Waals surface area contributed by atoms with Crippen molar-refractivity contribution in [3.63, 3.8) is 0 Å². The number of hydrogen-bond donors (Lipinski definition) is 5. The summed E-state index contributed by atoms with van der Waals surface area (Å²) < 4.78 is 18.3. The first-order valence-electron chi connectivity index (χ1n) is 20.9. The largest absolute Gasteiger partial charge is 0.477 e. The first-order valence-corrected chi connectivity index (χ1v) is 23.3. The van der Waals surface area contributed by atoms with Crippen molar-refractivity contribution < 1.29 is 48.1 Å². The summed E-state index contributed by atoms with van der Waals surface area (Å²) in [5, 5.41) is 16.6. The van der Waals surface area contributed by atoms with Crippen LogP contribution < -0.4 is 21.7 Å². The van der Waals surface area contributed by atoms with Gasteiger partial charge in [0.05, 0.1) is 52.6 Å². The Labute approximate surface area is 398 Å². The molecule has 1 aromatic carbocycles. The summed E-state index contributed by atoms with van der Waals surface area (Å²) in [4.78, 5) is 85.6. The number of hydrogen-bond acceptors (Lipinski definition) is 16. The monoisotopic (exact) mass is 969 g/mol. The Hall–Kier alpha value is -6.87. The van der Waals surface area contributed by atoms with Gasteiger partial charge in [0.2, 0.25) is 0 Å². The van der Waals surface area contributed by atoms with Crippen LogP contribution in [0.2, 0.25) is 0 Å². The molecular formula is C47H51N7O10S3. The number of amides is 3. The van der Waals surface area contributed by atoms with Gasteiger partial charge in [-0.1, -0.05) is 30.3 Å². The average molecular weight is 970 g/mol. The van der Waals surface area contributed by atoms with Crippen molar-refractivity contribution in [3.8, 4) is 0 Å². The molecule has 2 atom stereocenters. The molecule has 6 aromatic heterocycles. The molecule has 0 radical (unpaired) electrons. The molecule has 67 heavy (non-hydrogen) atoms. The number of ether oxygens (including phenoxy) is 3. The number of carbonyl (C=O) groups is 6. The third-order valence-electron chi connectivity index (χ3n) is 9.23. The van der Waals surface area contributed by atoms with Gasteiger partial charge < -0.3 is 41.0 Å². The fraction of sp³-hybridized carbons (Fsp3) is 0.298. The van der Waals surface area contributed by atoms with Gasteiger partial charge in [-0.25, -0.2) is 14.4 Å². The number of nitrogens with zero attached hydrogens (tertiary/aromatic N) is 3. The molecule has 0 unspecified atom stereocenters. The molecule has 6 N–H and O–H groups in total. The normalized spacial score (nSPS) is 11.7. The molecule has 17 nitrogen and oxygen atoms in total. The number of aromatic nitrogens is 3. The average Bonchev–Trinajstić information content (AvgIpc) is 4.06. The standard InChI is InChI=1S/C23H25N3O5S.C15H19N3O3S.C9H7NO2S/c1-14(2)31-22(28)18(26-23(29)30-13-16-7-5-4-6-8-16)12-25-21(27)19-11-17-20(32-19)15(3)9-10-24-17;1-8(2)21-15(20)10(16)7-18-14(19)12-6-11-13(22-12)9(3)4-5-17-11;1-5-2-3-10-6-4-7(9(11)12)13-8(5)6/h4-11,14,18H,12-13H2,1-3H3,(H,25,27)(H,26,29);4-6,8,10H,7,16H2,1-3H3,(H,18,19);2-4H,1H3,(H,11,12)/t18-;10-;/m11./s1. The van der Waals surface area contributed by atoms with Crippen LogP contribution in [0.15, 0.2) is 85.3 Å². The number of carboxylic acid groups (broad SMARTS) is 1. The van der Waals surface area contributed by atoms with Crippen molar-refractivity contribution in [2.45, 2.75) is 79.4 Å². The van der Waals surface area contributed by atoms with Gasteiger partial charge in [0.25, 0.3) is 11.8 Å². The lowest BCUT2D eigenvalue weighted by molar-refractivity contribution is -0.150. The zero-order valence-electron chi connectivity index (χ0n) is 37.8. The van der Waals surface area contributed by atoms with Crippen molar-refractivity contribution in [1.29, 1.82) is 0 Å². The van der Waals surface area contributed by atoms with Crippen molar-refractivity contribution in [1.82, 2.24) is 30.9 Å². The number of esters is 2. The highest BCUT2D eigenvalue weighted by Gasteiger charge is 2.26. The SMILES string of the molecule is Cc1ccnc2cc(C(=O)NC[C@@H](N)C(=O)OC(C)C)sc12.Cc1ccnc2cc(C(=O)NC[C@@H](NC(=O)OCc3ccccc3)C(=O)OC(C)C)sc12.Cc1ccnc2cc(C(=O)O)sc12. The maximum atomic E-state index is 12.6. The Balaban J connectivity index is 0.000000206. The number of carboxylic acids is 1. The smallest absolute Gasteiger partial charge is 0.408 e. The number of pyridine rings is 3. The van der Waals surface area contributed by atoms with Gasteiger partial charge in [-0.15, -0.1) is 34.0 Å². The van der Waals surface area contributed by atoms with E-state index >= 15 is 0 Å². The van der Waals surface area contributed by atoms with Crippen LogP contribution in [0, 0.1) is 20.8 Å². The first-order chi connectivity index (χ1) is 31.9. The number of nitrogens with two attached hydrogens (primary N) is 1. The minimum atomic E-state index is -1.10. The highest BCUT2D eigenvalue weighted by atomic mass is 32.1. The first kappa shape index (κ1) is 51.1. The lowest BCUT2D eigenvalue weighted by atomic mass is 10.2. The predicted molar refractivity (Wildman–Crippen MR) is 259 cm³/mol. The number of benzene rings is 1. The van der Waals surface area contributed by atoms with E-state index in [2.05, 4.69) is 30.9 Å². The topological polar surface area (TPSA) is 251 Å². The van der Waals surface area contributed by atoms with Crippen LogP contribution in [0.5, 0.6) is 0 Å². The van der Waals surface area contributed by atoms with Crippen LogP contribution in [0.4, 0.5) is 4.79 Å².